The van der Waals surface area contributed by atoms with Gasteiger partial charge < -0.3 is 19.4 Å². The van der Waals surface area contributed by atoms with Gasteiger partial charge >= 0.3 is 0 Å². The first-order valence-corrected chi connectivity index (χ1v) is 9.87. The third kappa shape index (κ3) is 4.68. The Balaban J connectivity index is 1.28. The monoisotopic (exact) mass is 397 g/mol. The highest BCUT2D eigenvalue weighted by Crippen LogP contribution is 2.22. The molecule has 1 N–H and O–H groups in total. The molecule has 144 valence electrons. The number of aromatic nitrogens is 3. The molecular weight excluding hydrogens is 378 g/mol. The van der Waals surface area contributed by atoms with Gasteiger partial charge in [0.15, 0.2) is 0 Å². The van der Waals surface area contributed by atoms with Crippen molar-refractivity contribution in [3.05, 3.63) is 48.7 Å². The molecule has 1 amide bonds. The van der Waals surface area contributed by atoms with E-state index in [1.165, 1.54) is 11.8 Å². The van der Waals surface area contributed by atoms with Gasteiger partial charge in [0, 0.05) is 30.7 Å². The molecule has 0 atom stereocenters. The molecule has 0 saturated carbocycles. The van der Waals surface area contributed by atoms with Crippen molar-refractivity contribution in [2.24, 2.45) is 0 Å². The lowest BCUT2D eigenvalue weighted by atomic mass is 10.2. The van der Waals surface area contributed by atoms with Crippen molar-refractivity contribution in [3.8, 4) is 11.6 Å². The fraction of sp³-hybridized carbons (Fsp3) is 0.263. The first-order valence-electron chi connectivity index (χ1n) is 8.88. The minimum atomic E-state index is -0.137. The zero-order valence-electron chi connectivity index (χ0n) is 15.1. The fourth-order valence-electron chi connectivity index (χ4n) is 2.76. The quantitative estimate of drug-likeness (QED) is 0.635. The van der Waals surface area contributed by atoms with Crippen LogP contribution in [0.2, 0.25) is 0 Å². The summed E-state index contributed by atoms with van der Waals surface area (Å²) < 4.78 is 10.9. The molecule has 1 fully saturated rings. The topological polar surface area (TPSA) is 93.4 Å². The molecule has 4 rings (SSSR count). The Labute approximate surface area is 166 Å². The molecule has 1 aromatic carbocycles. The van der Waals surface area contributed by atoms with Crippen molar-refractivity contribution in [1.29, 1.82) is 0 Å². The third-order valence-electron chi connectivity index (χ3n) is 4.14. The van der Waals surface area contributed by atoms with Crippen LogP contribution < -0.4 is 10.2 Å². The summed E-state index contributed by atoms with van der Waals surface area (Å²) >= 11 is 1.19. The van der Waals surface area contributed by atoms with Crippen molar-refractivity contribution in [1.82, 2.24) is 15.2 Å². The number of rotatable bonds is 6. The molecule has 1 aliphatic heterocycles. The lowest BCUT2D eigenvalue weighted by Gasteiger charge is -2.28. The van der Waals surface area contributed by atoms with Crippen LogP contribution in [0.5, 0.6) is 0 Å². The highest BCUT2D eigenvalue weighted by atomic mass is 32.2. The second-order valence-corrected chi connectivity index (χ2v) is 7.00. The molecule has 2 aromatic heterocycles. The maximum atomic E-state index is 12.2. The number of nitrogens with one attached hydrogen (secondary N) is 1. The standard InChI is InChI=1S/C19H19N5O3S/c25-17(13-28-19-23-22-18(27-19)16-3-1-2-8-20-16)21-14-4-6-15(7-5-14)24-9-11-26-12-10-24/h1-8H,9-13H2,(H,21,25). The summed E-state index contributed by atoms with van der Waals surface area (Å²) in [5.74, 6) is 0.374. The first kappa shape index (κ1) is 18.5. The number of hydrogen-bond acceptors (Lipinski definition) is 8. The Morgan fingerprint density at radius 1 is 1.11 bits per heavy atom. The van der Waals surface area contributed by atoms with Crippen molar-refractivity contribution in [2.45, 2.75) is 5.22 Å². The molecular formula is C19H19N5O3S. The first-order chi connectivity index (χ1) is 13.8. The average molecular weight is 397 g/mol. The van der Waals surface area contributed by atoms with E-state index in [1.54, 1.807) is 12.3 Å². The van der Waals surface area contributed by atoms with Crippen molar-refractivity contribution in [3.63, 3.8) is 0 Å². The molecule has 9 heteroatoms. The smallest absolute Gasteiger partial charge is 0.277 e. The van der Waals surface area contributed by atoms with Crippen molar-refractivity contribution >= 4 is 29.0 Å². The molecule has 0 bridgehead atoms. The number of carbonyl (C=O) groups excluding carboxylic acids is 1. The second kappa shape index (κ2) is 8.85. The highest BCUT2D eigenvalue weighted by Gasteiger charge is 2.13. The number of benzene rings is 1. The Morgan fingerprint density at radius 3 is 2.68 bits per heavy atom. The number of amides is 1. The van der Waals surface area contributed by atoms with E-state index in [-0.39, 0.29) is 11.7 Å². The summed E-state index contributed by atoms with van der Waals surface area (Å²) in [7, 11) is 0. The number of carbonyl (C=O) groups is 1. The van der Waals surface area contributed by atoms with Crippen LogP contribution in [-0.2, 0) is 9.53 Å². The number of thioether (sulfide) groups is 1. The third-order valence-corrected chi connectivity index (χ3v) is 4.96. The van der Waals surface area contributed by atoms with Crippen LogP contribution in [0.4, 0.5) is 11.4 Å². The van der Waals surface area contributed by atoms with E-state index in [2.05, 4.69) is 25.4 Å². The van der Waals surface area contributed by atoms with E-state index in [9.17, 15) is 4.79 Å². The summed E-state index contributed by atoms with van der Waals surface area (Å²) in [6.07, 6.45) is 1.66. The molecule has 0 aliphatic carbocycles. The predicted molar refractivity (Wildman–Crippen MR) is 106 cm³/mol. The van der Waals surface area contributed by atoms with Crippen LogP contribution >= 0.6 is 11.8 Å². The summed E-state index contributed by atoms with van der Waals surface area (Å²) in [4.78, 5) is 18.6. The molecule has 28 heavy (non-hydrogen) atoms. The van der Waals surface area contributed by atoms with Crippen molar-refractivity contribution in [2.75, 3.05) is 42.3 Å². The van der Waals surface area contributed by atoms with Gasteiger partial charge in [0.05, 0.1) is 19.0 Å². The number of pyridine rings is 1. The van der Waals surface area contributed by atoms with Gasteiger partial charge in [-0.2, -0.15) is 0 Å². The number of ether oxygens (including phenoxy) is 1. The van der Waals surface area contributed by atoms with Crippen LogP contribution in [0.3, 0.4) is 0 Å². The van der Waals surface area contributed by atoms with Gasteiger partial charge in [-0.1, -0.05) is 17.8 Å². The molecule has 1 saturated heterocycles. The summed E-state index contributed by atoms with van der Waals surface area (Å²) in [6, 6.07) is 13.3. The SMILES string of the molecule is O=C(CSc1nnc(-c2ccccn2)o1)Nc1ccc(N2CCOCC2)cc1. The van der Waals surface area contributed by atoms with E-state index in [0.717, 1.165) is 37.7 Å². The van der Waals surface area contributed by atoms with Crippen LogP contribution in [0.1, 0.15) is 0 Å². The molecule has 8 nitrogen and oxygen atoms in total. The number of anilines is 2. The number of nitrogens with zero attached hydrogens (tertiary/aromatic N) is 4. The van der Waals surface area contributed by atoms with Gasteiger partial charge in [0.25, 0.3) is 11.1 Å². The predicted octanol–water partition coefficient (Wildman–Crippen LogP) is 2.70. The summed E-state index contributed by atoms with van der Waals surface area (Å²) in [5, 5.41) is 11.1. The Morgan fingerprint density at radius 2 is 1.93 bits per heavy atom. The van der Waals surface area contributed by atoms with Crippen LogP contribution in [-0.4, -0.2) is 53.1 Å². The summed E-state index contributed by atoms with van der Waals surface area (Å²) in [5.41, 5.74) is 2.48. The van der Waals surface area contributed by atoms with E-state index in [0.29, 0.717) is 16.8 Å². The molecule has 1 aliphatic rings. The van der Waals surface area contributed by atoms with Gasteiger partial charge in [0.2, 0.25) is 5.91 Å². The maximum Gasteiger partial charge on any atom is 0.277 e. The van der Waals surface area contributed by atoms with Gasteiger partial charge in [-0.3, -0.25) is 9.78 Å². The van der Waals surface area contributed by atoms with Crippen LogP contribution in [0.15, 0.2) is 58.3 Å². The minimum Gasteiger partial charge on any atom is -0.410 e. The Bertz CT molecular complexity index is 911. The highest BCUT2D eigenvalue weighted by molar-refractivity contribution is 7.99. The van der Waals surface area contributed by atoms with E-state index in [1.807, 2.05) is 36.4 Å². The number of morpholine rings is 1. The van der Waals surface area contributed by atoms with E-state index in [4.69, 9.17) is 9.15 Å². The minimum absolute atomic E-state index is 0.137. The normalized spacial score (nSPS) is 14.1. The van der Waals surface area contributed by atoms with Gasteiger partial charge in [0.1, 0.15) is 5.69 Å². The lowest BCUT2D eigenvalue weighted by Crippen LogP contribution is -2.36. The van der Waals surface area contributed by atoms with Gasteiger partial charge in [-0.25, -0.2) is 0 Å². The van der Waals surface area contributed by atoms with Crippen molar-refractivity contribution < 1.29 is 13.9 Å². The zero-order chi connectivity index (χ0) is 19.2. The molecule has 0 spiro atoms. The molecule has 0 unspecified atom stereocenters. The van der Waals surface area contributed by atoms with E-state index >= 15 is 0 Å². The molecule has 3 heterocycles. The fourth-order valence-corrected chi connectivity index (χ4v) is 3.33. The summed E-state index contributed by atoms with van der Waals surface area (Å²) in [6.45, 7) is 3.25. The van der Waals surface area contributed by atoms with Crippen LogP contribution in [0.25, 0.3) is 11.6 Å². The van der Waals surface area contributed by atoms with Gasteiger partial charge in [-0.05, 0) is 36.4 Å². The van der Waals surface area contributed by atoms with E-state index < -0.39 is 0 Å². The van der Waals surface area contributed by atoms with Gasteiger partial charge in [-0.15, -0.1) is 10.2 Å². The zero-order valence-corrected chi connectivity index (χ0v) is 15.9. The largest absolute Gasteiger partial charge is 0.410 e. The molecule has 3 aromatic rings. The number of hydrogen-bond donors (Lipinski definition) is 1. The second-order valence-electron chi connectivity index (χ2n) is 6.07. The average Bonchev–Trinajstić information content (AvgIpc) is 3.23. The Kier molecular flexibility index (Phi) is 5.83. The maximum absolute atomic E-state index is 12.2. The Hall–Kier alpha value is -2.91. The molecule has 0 radical (unpaired) electrons. The van der Waals surface area contributed by atoms with Crippen LogP contribution in [0, 0.1) is 0 Å². The lowest BCUT2D eigenvalue weighted by molar-refractivity contribution is -0.113.